The first-order chi connectivity index (χ1) is 11.7. The molecule has 0 unspecified atom stereocenters. The Balaban J connectivity index is 1.95. The molecule has 2 aromatic rings. The number of carboxylic acids is 1. The summed E-state index contributed by atoms with van der Waals surface area (Å²) < 4.78 is 11.0. The summed E-state index contributed by atoms with van der Waals surface area (Å²) in [6.45, 7) is 3.54. The second-order valence-corrected chi connectivity index (χ2v) is 6.01. The van der Waals surface area contributed by atoms with Gasteiger partial charge in [0.15, 0.2) is 0 Å². The van der Waals surface area contributed by atoms with Crippen molar-refractivity contribution in [1.82, 2.24) is 0 Å². The molecule has 0 spiro atoms. The number of aliphatic carboxylic acids is 1. The van der Waals surface area contributed by atoms with E-state index in [-0.39, 0.29) is 0 Å². The highest BCUT2D eigenvalue weighted by Gasteiger charge is 2.41. The Hall–Kier alpha value is -2.33. The molecule has 4 heteroatoms. The van der Waals surface area contributed by atoms with Crippen LogP contribution in [0, 0.1) is 0 Å². The van der Waals surface area contributed by atoms with E-state index >= 15 is 0 Å². The highest BCUT2D eigenvalue weighted by Crippen LogP contribution is 2.37. The van der Waals surface area contributed by atoms with Gasteiger partial charge in [0.25, 0.3) is 0 Å². The molecule has 1 aliphatic heterocycles. The molecule has 0 bridgehead atoms. The lowest BCUT2D eigenvalue weighted by molar-refractivity contribution is -0.147. The van der Waals surface area contributed by atoms with Crippen LogP contribution in [0.15, 0.2) is 48.5 Å². The van der Waals surface area contributed by atoms with Crippen molar-refractivity contribution in [2.24, 2.45) is 0 Å². The van der Waals surface area contributed by atoms with Crippen LogP contribution in [-0.2, 0) is 14.9 Å². The lowest BCUT2D eigenvalue weighted by Crippen LogP contribution is -2.41. The van der Waals surface area contributed by atoms with Gasteiger partial charge >= 0.3 is 5.97 Å². The minimum absolute atomic E-state index is 0.487. The predicted octanol–water partition coefficient (Wildman–Crippen LogP) is 3.89. The summed E-state index contributed by atoms with van der Waals surface area (Å²) in [6, 6.07) is 15.7. The van der Waals surface area contributed by atoms with E-state index in [2.05, 4.69) is 0 Å². The van der Waals surface area contributed by atoms with E-state index in [0.29, 0.717) is 32.7 Å². The van der Waals surface area contributed by atoms with Crippen LogP contribution in [0.1, 0.15) is 25.3 Å². The van der Waals surface area contributed by atoms with Gasteiger partial charge in [0.05, 0.1) is 12.0 Å². The first kappa shape index (κ1) is 16.5. The third-order valence-corrected chi connectivity index (χ3v) is 4.69. The molecular weight excluding hydrogens is 304 g/mol. The van der Waals surface area contributed by atoms with Crippen molar-refractivity contribution in [2.45, 2.75) is 25.2 Å². The molecule has 1 heterocycles. The molecule has 0 saturated carbocycles. The summed E-state index contributed by atoms with van der Waals surface area (Å²) in [7, 11) is 0. The number of benzene rings is 2. The van der Waals surface area contributed by atoms with Crippen LogP contribution in [0.3, 0.4) is 0 Å². The normalized spacial score (nSPS) is 16.5. The number of para-hydroxylation sites is 1. The van der Waals surface area contributed by atoms with Crippen LogP contribution in [0.25, 0.3) is 11.1 Å². The number of rotatable bonds is 5. The van der Waals surface area contributed by atoms with Crippen molar-refractivity contribution >= 4 is 5.97 Å². The SMILES string of the molecule is CCOc1ccccc1-c1ccc(C2(C(=O)O)CCOCC2)cc1. The van der Waals surface area contributed by atoms with Crippen molar-refractivity contribution in [3.8, 4) is 16.9 Å². The van der Waals surface area contributed by atoms with Crippen molar-refractivity contribution in [2.75, 3.05) is 19.8 Å². The molecule has 0 atom stereocenters. The van der Waals surface area contributed by atoms with Crippen LogP contribution in [-0.4, -0.2) is 30.9 Å². The summed E-state index contributed by atoms with van der Waals surface area (Å²) in [5.74, 6) is 0.0695. The number of ether oxygens (including phenoxy) is 2. The van der Waals surface area contributed by atoms with E-state index in [1.165, 1.54) is 0 Å². The molecule has 126 valence electrons. The van der Waals surface area contributed by atoms with Crippen LogP contribution in [0.5, 0.6) is 5.75 Å². The van der Waals surface area contributed by atoms with E-state index in [9.17, 15) is 9.90 Å². The molecule has 24 heavy (non-hydrogen) atoms. The fourth-order valence-electron chi connectivity index (χ4n) is 3.30. The minimum atomic E-state index is -0.837. The zero-order chi connectivity index (χ0) is 17.0. The highest BCUT2D eigenvalue weighted by atomic mass is 16.5. The summed E-state index contributed by atoms with van der Waals surface area (Å²) in [5, 5.41) is 9.77. The van der Waals surface area contributed by atoms with Gasteiger partial charge in [-0.2, -0.15) is 0 Å². The number of hydrogen-bond donors (Lipinski definition) is 1. The van der Waals surface area contributed by atoms with Gasteiger partial charge in [0.1, 0.15) is 5.75 Å². The summed E-state index contributed by atoms with van der Waals surface area (Å²) in [5.41, 5.74) is 2.05. The Bertz CT molecular complexity index is 700. The molecule has 3 rings (SSSR count). The van der Waals surface area contributed by atoms with E-state index in [4.69, 9.17) is 9.47 Å². The van der Waals surface area contributed by atoms with Crippen LogP contribution in [0.4, 0.5) is 0 Å². The molecule has 2 aromatic carbocycles. The van der Waals surface area contributed by atoms with Gasteiger partial charge in [-0.25, -0.2) is 0 Å². The quantitative estimate of drug-likeness (QED) is 0.906. The zero-order valence-corrected chi connectivity index (χ0v) is 13.8. The molecular formula is C20H22O4. The monoisotopic (exact) mass is 326 g/mol. The number of carboxylic acid groups (broad SMARTS) is 1. The first-order valence-corrected chi connectivity index (χ1v) is 8.31. The smallest absolute Gasteiger partial charge is 0.314 e. The second-order valence-electron chi connectivity index (χ2n) is 6.01. The molecule has 1 saturated heterocycles. The third kappa shape index (κ3) is 3.02. The van der Waals surface area contributed by atoms with E-state index in [1.54, 1.807) is 0 Å². The maximum absolute atomic E-state index is 11.9. The lowest BCUT2D eigenvalue weighted by Gasteiger charge is -2.33. The average molecular weight is 326 g/mol. The predicted molar refractivity (Wildman–Crippen MR) is 92.4 cm³/mol. The first-order valence-electron chi connectivity index (χ1n) is 8.31. The Kier molecular flexibility index (Phi) is 4.86. The van der Waals surface area contributed by atoms with Crippen molar-refractivity contribution in [3.63, 3.8) is 0 Å². The molecule has 1 aliphatic rings. The summed E-state index contributed by atoms with van der Waals surface area (Å²) >= 11 is 0. The topological polar surface area (TPSA) is 55.8 Å². The van der Waals surface area contributed by atoms with Crippen molar-refractivity contribution in [1.29, 1.82) is 0 Å². The summed E-state index contributed by atoms with van der Waals surface area (Å²) in [6.07, 6.45) is 1.02. The van der Waals surface area contributed by atoms with Gasteiger partial charge in [-0.05, 0) is 37.0 Å². The second kappa shape index (κ2) is 7.05. The van der Waals surface area contributed by atoms with Gasteiger partial charge in [0.2, 0.25) is 0 Å². The van der Waals surface area contributed by atoms with Crippen LogP contribution >= 0.6 is 0 Å². The van der Waals surface area contributed by atoms with Gasteiger partial charge in [0, 0.05) is 18.8 Å². The largest absolute Gasteiger partial charge is 0.493 e. The van der Waals surface area contributed by atoms with E-state index in [1.807, 2.05) is 55.5 Å². The zero-order valence-electron chi connectivity index (χ0n) is 13.8. The molecule has 0 aromatic heterocycles. The van der Waals surface area contributed by atoms with Crippen molar-refractivity contribution in [3.05, 3.63) is 54.1 Å². The van der Waals surface area contributed by atoms with Crippen LogP contribution in [0.2, 0.25) is 0 Å². The fourth-order valence-corrected chi connectivity index (χ4v) is 3.30. The minimum Gasteiger partial charge on any atom is -0.493 e. The Morgan fingerprint density at radius 1 is 1.12 bits per heavy atom. The summed E-state index contributed by atoms with van der Waals surface area (Å²) in [4.78, 5) is 11.9. The lowest BCUT2D eigenvalue weighted by atomic mass is 9.74. The number of hydrogen-bond acceptors (Lipinski definition) is 3. The van der Waals surface area contributed by atoms with Gasteiger partial charge < -0.3 is 14.6 Å². The Morgan fingerprint density at radius 3 is 2.42 bits per heavy atom. The molecule has 0 radical (unpaired) electrons. The van der Waals surface area contributed by atoms with E-state index in [0.717, 1.165) is 22.4 Å². The molecule has 1 fully saturated rings. The van der Waals surface area contributed by atoms with Gasteiger partial charge in [-0.15, -0.1) is 0 Å². The van der Waals surface area contributed by atoms with Gasteiger partial charge in [-0.1, -0.05) is 42.5 Å². The molecule has 4 nitrogen and oxygen atoms in total. The highest BCUT2D eigenvalue weighted by molar-refractivity contribution is 5.82. The molecule has 0 amide bonds. The van der Waals surface area contributed by atoms with Crippen molar-refractivity contribution < 1.29 is 19.4 Å². The molecule has 0 aliphatic carbocycles. The third-order valence-electron chi connectivity index (χ3n) is 4.69. The van der Waals surface area contributed by atoms with Gasteiger partial charge in [-0.3, -0.25) is 4.79 Å². The fraction of sp³-hybridized carbons (Fsp3) is 0.350. The van der Waals surface area contributed by atoms with E-state index < -0.39 is 11.4 Å². The van der Waals surface area contributed by atoms with Crippen LogP contribution < -0.4 is 4.74 Å². The Morgan fingerprint density at radius 2 is 1.79 bits per heavy atom. The average Bonchev–Trinajstić information content (AvgIpc) is 2.63. The molecule has 1 N–H and O–H groups in total. The maximum atomic E-state index is 11.9. The standard InChI is InChI=1S/C20H22O4/c1-2-24-18-6-4-3-5-17(18)15-7-9-16(10-8-15)20(19(21)22)11-13-23-14-12-20/h3-10H,2,11-14H2,1H3,(H,21,22). The Labute approximate surface area is 142 Å². The maximum Gasteiger partial charge on any atom is 0.314 e. The number of carbonyl (C=O) groups is 1.